The van der Waals surface area contributed by atoms with Gasteiger partial charge in [0.15, 0.2) is 11.5 Å². The molecule has 2 amide bonds. The zero-order valence-corrected chi connectivity index (χ0v) is 20.5. The van der Waals surface area contributed by atoms with E-state index in [0.717, 1.165) is 36.1 Å². The highest BCUT2D eigenvalue weighted by Crippen LogP contribution is 2.41. The lowest BCUT2D eigenvalue weighted by Crippen LogP contribution is -2.67. The summed E-state index contributed by atoms with van der Waals surface area (Å²) in [5, 5.41) is 0. The Kier molecular flexibility index (Phi) is 7.76. The van der Waals surface area contributed by atoms with Gasteiger partial charge in [0.05, 0.1) is 35.4 Å². The third-order valence-corrected chi connectivity index (χ3v) is 6.42. The van der Waals surface area contributed by atoms with Crippen LogP contribution in [0.25, 0.3) is 11.1 Å². The average molecular weight is 456 g/mol. The number of nitrogens with zero attached hydrogens (tertiary/aromatic N) is 2. The second-order valence-corrected chi connectivity index (χ2v) is 8.84. The summed E-state index contributed by atoms with van der Waals surface area (Å²) in [6.45, 7) is 3.18. The molecule has 0 aromatic heterocycles. The molecule has 0 aliphatic carbocycles. The monoisotopic (exact) mass is 455 g/mol. The molecule has 1 atom stereocenters. The van der Waals surface area contributed by atoms with Gasteiger partial charge in [0.2, 0.25) is 5.75 Å². The maximum absolute atomic E-state index is 13.2. The number of imide groups is 1. The summed E-state index contributed by atoms with van der Waals surface area (Å²) in [7, 11) is 8.17. The zero-order valence-electron chi connectivity index (χ0n) is 20.5. The first-order valence-corrected chi connectivity index (χ1v) is 11.3. The van der Waals surface area contributed by atoms with Crippen LogP contribution in [0.3, 0.4) is 0 Å². The molecule has 0 N–H and O–H groups in total. The predicted molar refractivity (Wildman–Crippen MR) is 128 cm³/mol. The van der Waals surface area contributed by atoms with Crippen LogP contribution < -0.4 is 14.2 Å². The summed E-state index contributed by atoms with van der Waals surface area (Å²) in [6.07, 6.45) is 2.56. The van der Waals surface area contributed by atoms with Crippen LogP contribution in [0.5, 0.6) is 17.2 Å². The smallest absolute Gasteiger partial charge is 0.338 e. The van der Waals surface area contributed by atoms with Gasteiger partial charge in [-0.3, -0.25) is 4.90 Å². The van der Waals surface area contributed by atoms with Gasteiger partial charge in [-0.1, -0.05) is 37.6 Å². The van der Waals surface area contributed by atoms with Crippen LogP contribution in [0.15, 0.2) is 36.4 Å². The van der Waals surface area contributed by atoms with Crippen molar-refractivity contribution in [2.45, 2.75) is 32.2 Å². The molecular formula is C26H35N2O5+. The van der Waals surface area contributed by atoms with E-state index < -0.39 is 0 Å². The molecule has 0 bridgehead atoms. The summed E-state index contributed by atoms with van der Waals surface area (Å²) in [5.41, 5.74) is 3.00. The molecule has 178 valence electrons. The number of hydrogen-bond acceptors (Lipinski definition) is 6. The van der Waals surface area contributed by atoms with Crippen molar-refractivity contribution < 1.29 is 28.3 Å². The van der Waals surface area contributed by atoms with Gasteiger partial charge < -0.3 is 14.2 Å². The first-order valence-electron chi connectivity index (χ1n) is 11.3. The van der Waals surface area contributed by atoms with Crippen molar-refractivity contribution in [2.75, 3.05) is 48.5 Å². The van der Waals surface area contributed by atoms with Crippen LogP contribution in [0.1, 0.15) is 25.3 Å². The van der Waals surface area contributed by atoms with E-state index in [4.69, 9.17) is 14.2 Å². The molecule has 1 aliphatic heterocycles. The average Bonchev–Trinajstić information content (AvgIpc) is 2.83. The second kappa shape index (κ2) is 10.4. The Morgan fingerprint density at radius 1 is 0.939 bits per heavy atom. The molecule has 1 heterocycles. The van der Waals surface area contributed by atoms with Gasteiger partial charge >= 0.3 is 11.8 Å². The van der Waals surface area contributed by atoms with Crippen LogP contribution in [0.2, 0.25) is 0 Å². The van der Waals surface area contributed by atoms with E-state index in [-0.39, 0.29) is 22.3 Å². The number of rotatable bonds is 9. The largest absolute Gasteiger partial charge is 0.493 e. The highest BCUT2D eigenvalue weighted by atomic mass is 16.5. The Bertz CT molecular complexity index is 975. The normalized spacial score (nSPS) is 18.3. The minimum Gasteiger partial charge on any atom is -0.493 e. The lowest BCUT2D eigenvalue weighted by Gasteiger charge is -2.40. The fraction of sp³-hybridized carbons (Fsp3) is 0.462. The molecule has 2 aromatic rings. The molecule has 0 saturated carbocycles. The predicted octanol–water partition coefficient (Wildman–Crippen LogP) is 3.54. The van der Waals surface area contributed by atoms with Gasteiger partial charge in [-0.2, -0.15) is 0 Å². The third-order valence-electron chi connectivity index (χ3n) is 6.42. The SMILES string of the molecule is CCCCN1CC(=O)[N+](C)(C)C(=O)C1Cc1ccc(-c2cc(OC)c(OC)c(OC)c2)cc1. The number of amides is 2. The van der Waals surface area contributed by atoms with E-state index in [1.807, 2.05) is 41.3 Å². The van der Waals surface area contributed by atoms with E-state index in [0.29, 0.717) is 30.2 Å². The Labute approximate surface area is 196 Å². The lowest BCUT2D eigenvalue weighted by atomic mass is 9.97. The van der Waals surface area contributed by atoms with Crippen LogP contribution in [0.4, 0.5) is 0 Å². The number of carbonyl (C=O) groups excluding carboxylic acids is 2. The quantitative estimate of drug-likeness (QED) is 0.426. The van der Waals surface area contributed by atoms with Crippen LogP contribution in [0, 0.1) is 0 Å². The maximum Gasteiger partial charge on any atom is 0.338 e. The van der Waals surface area contributed by atoms with Crippen molar-refractivity contribution in [1.82, 2.24) is 4.90 Å². The number of ether oxygens (including phenoxy) is 3. The minimum absolute atomic E-state index is 0.0453. The molecule has 1 saturated heterocycles. The van der Waals surface area contributed by atoms with Gasteiger partial charge in [0.1, 0.15) is 12.6 Å². The number of hydrogen-bond donors (Lipinski definition) is 0. The van der Waals surface area contributed by atoms with Crippen molar-refractivity contribution in [1.29, 1.82) is 0 Å². The summed E-state index contributed by atoms with van der Waals surface area (Å²) in [4.78, 5) is 27.8. The Morgan fingerprint density at radius 3 is 2.06 bits per heavy atom. The Hall–Kier alpha value is -2.90. The lowest BCUT2D eigenvalue weighted by molar-refractivity contribution is -0.740. The standard InChI is InChI=1S/C26H35N2O5/c1-7-8-13-27-17-24(29)28(2,3)26(30)21(27)14-18-9-11-19(12-10-18)20-15-22(31-4)25(33-6)23(16-20)32-5/h9-12,15-16,21H,7-8,13-14,17H2,1-6H3/q+1. The van der Waals surface area contributed by atoms with Crippen molar-refractivity contribution >= 4 is 11.8 Å². The molecule has 1 aliphatic rings. The zero-order chi connectivity index (χ0) is 24.2. The fourth-order valence-electron chi connectivity index (χ4n) is 4.23. The fourth-order valence-corrected chi connectivity index (χ4v) is 4.23. The van der Waals surface area contributed by atoms with E-state index in [1.54, 1.807) is 35.4 Å². The summed E-state index contributed by atoms with van der Waals surface area (Å²) in [6, 6.07) is 11.7. The molecule has 1 fully saturated rings. The van der Waals surface area contributed by atoms with E-state index in [2.05, 4.69) is 6.92 Å². The molecule has 0 spiro atoms. The van der Waals surface area contributed by atoms with Crippen molar-refractivity contribution in [2.24, 2.45) is 0 Å². The summed E-state index contributed by atoms with van der Waals surface area (Å²) < 4.78 is 16.2. The third kappa shape index (κ3) is 5.04. The van der Waals surface area contributed by atoms with Gasteiger partial charge in [0.25, 0.3) is 0 Å². The highest BCUT2D eigenvalue weighted by molar-refractivity contribution is 5.91. The number of carbonyl (C=O) groups is 2. The summed E-state index contributed by atoms with van der Waals surface area (Å²) in [5.74, 6) is 1.65. The number of methoxy groups -OCH3 is 3. The number of likely N-dealkylation sites (N-methyl/N-ethyl adjacent to an activating group) is 1. The van der Waals surface area contributed by atoms with Gasteiger partial charge in [-0.05, 0) is 41.8 Å². The van der Waals surface area contributed by atoms with E-state index >= 15 is 0 Å². The number of unbranched alkanes of at least 4 members (excludes halogenated alkanes) is 1. The molecule has 1 unspecified atom stereocenters. The maximum atomic E-state index is 13.2. The number of piperazine rings is 1. The van der Waals surface area contributed by atoms with Crippen LogP contribution in [-0.4, -0.2) is 75.8 Å². The summed E-state index contributed by atoms with van der Waals surface area (Å²) >= 11 is 0. The molecule has 3 rings (SSSR count). The first kappa shape index (κ1) is 24.7. The number of benzene rings is 2. The topological polar surface area (TPSA) is 65.1 Å². The first-order chi connectivity index (χ1) is 15.8. The van der Waals surface area contributed by atoms with Crippen LogP contribution >= 0.6 is 0 Å². The second-order valence-electron chi connectivity index (χ2n) is 8.84. The van der Waals surface area contributed by atoms with Crippen LogP contribution in [-0.2, 0) is 16.0 Å². The van der Waals surface area contributed by atoms with Gasteiger partial charge in [-0.15, -0.1) is 0 Å². The molecular weight excluding hydrogens is 420 g/mol. The number of quaternary nitrogens is 1. The van der Waals surface area contributed by atoms with E-state index in [1.165, 1.54) is 0 Å². The van der Waals surface area contributed by atoms with Crippen molar-refractivity contribution in [3.63, 3.8) is 0 Å². The molecule has 2 aromatic carbocycles. The van der Waals surface area contributed by atoms with Crippen molar-refractivity contribution in [3.05, 3.63) is 42.0 Å². The Balaban J connectivity index is 1.86. The molecule has 0 radical (unpaired) electrons. The van der Waals surface area contributed by atoms with Gasteiger partial charge in [-0.25, -0.2) is 14.1 Å². The molecule has 7 heteroatoms. The van der Waals surface area contributed by atoms with Crippen molar-refractivity contribution in [3.8, 4) is 28.4 Å². The van der Waals surface area contributed by atoms with E-state index in [9.17, 15) is 9.59 Å². The van der Waals surface area contributed by atoms with Gasteiger partial charge in [0, 0.05) is 6.42 Å². The molecule has 33 heavy (non-hydrogen) atoms. The highest BCUT2D eigenvalue weighted by Gasteiger charge is 2.48. The minimum atomic E-state index is -0.309. The Morgan fingerprint density at radius 2 is 1.55 bits per heavy atom. The molecule has 7 nitrogen and oxygen atoms in total.